The van der Waals surface area contributed by atoms with Crippen molar-refractivity contribution in [3.8, 4) is 16.9 Å². The molecule has 2 heterocycles. The summed E-state index contributed by atoms with van der Waals surface area (Å²) in [6, 6.07) is 22.0. The summed E-state index contributed by atoms with van der Waals surface area (Å²) >= 11 is 0. The molecule has 2 aromatic carbocycles. The van der Waals surface area contributed by atoms with Gasteiger partial charge in [-0.25, -0.2) is 17.8 Å². The van der Waals surface area contributed by atoms with Crippen LogP contribution in [0.1, 0.15) is 0 Å². The maximum atomic E-state index is 12.5. The zero-order chi connectivity index (χ0) is 20.8. The van der Waals surface area contributed by atoms with Gasteiger partial charge in [-0.2, -0.15) is 5.10 Å². The summed E-state index contributed by atoms with van der Waals surface area (Å²) in [5.74, 6) is 1.16. The van der Waals surface area contributed by atoms with Crippen LogP contribution in [0.4, 0.5) is 5.82 Å². The Labute approximate surface area is 174 Å². The van der Waals surface area contributed by atoms with E-state index in [0.717, 1.165) is 11.1 Å². The number of aromatic nitrogens is 4. The first-order valence-corrected chi connectivity index (χ1v) is 10.8. The second-order valence-corrected chi connectivity index (χ2v) is 8.21. The first-order chi connectivity index (χ1) is 14.6. The molecule has 4 rings (SSSR count). The number of rotatable bonds is 8. The molecule has 2 N–H and O–H groups in total. The average molecular weight is 420 g/mol. The van der Waals surface area contributed by atoms with Gasteiger partial charge in [0, 0.05) is 25.5 Å². The molecule has 152 valence electrons. The highest BCUT2D eigenvalue weighted by Crippen LogP contribution is 2.20. The lowest BCUT2D eigenvalue weighted by atomic mass is 10.1. The minimum Gasteiger partial charge on any atom is -0.367 e. The van der Waals surface area contributed by atoms with Gasteiger partial charge in [0.1, 0.15) is 5.82 Å². The molecular weight excluding hydrogens is 400 g/mol. The van der Waals surface area contributed by atoms with Crippen molar-refractivity contribution in [1.29, 1.82) is 0 Å². The number of nitrogens with one attached hydrogen (secondary N) is 2. The number of anilines is 1. The van der Waals surface area contributed by atoms with Crippen molar-refractivity contribution in [2.75, 3.05) is 18.4 Å². The first-order valence-electron chi connectivity index (χ1n) is 9.35. The third-order valence-corrected chi connectivity index (χ3v) is 5.86. The Morgan fingerprint density at radius 2 is 1.57 bits per heavy atom. The lowest BCUT2D eigenvalue weighted by molar-refractivity contribution is 0.583. The van der Waals surface area contributed by atoms with Gasteiger partial charge >= 0.3 is 0 Å². The predicted octanol–water partition coefficient (Wildman–Crippen LogP) is 2.72. The third-order valence-electron chi connectivity index (χ3n) is 4.38. The quantitative estimate of drug-likeness (QED) is 0.425. The van der Waals surface area contributed by atoms with Crippen molar-refractivity contribution >= 4 is 15.8 Å². The summed E-state index contributed by atoms with van der Waals surface area (Å²) < 4.78 is 29.2. The van der Waals surface area contributed by atoms with Crippen LogP contribution in [0.2, 0.25) is 0 Å². The van der Waals surface area contributed by atoms with Crippen LogP contribution in [0.5, 0.6) is 0 Å². The van der Waals surface area contributed by atoms with Gasteiger partial charge in [0.25, 0.3) is 0 Å². The molecular formula is C21H20N6O2S. The fourth-order valence-electron chi connectivity index (χ4n) is 2.86. The summed E-state index contributed by atoms with van der Waals surface area (Å²) in [4.78, 5) is 0.227. The molecule has 0 fully saturated rings. The van der Waals surface area contributed by atoms with E-state index in [1.54, 1.807) is 59.5 Å². The van der Waals surface area contributed by atoms with Crippen LogP contribution in [0.3, 0.4) is 0 Å². The van der Waals surface area contributed by atoms with Gasteiger partial charge < -0.3 is 5.32 Å². The fraction of sp³-hybridized carbons (Fsp3) is 0.0952. The molecule has 0 aliphatic carbocycles. The number of benzene rings is 2. The molecule has 8 nitrogen and oxygen atoms in total. The zero-order valence-electron chi connectivity index (χ0n) is 16.0. The van der Waals surface area contributed by atoms with Crippen LogP contribution < -0.4 is 10.0 Å². The van der Waals surface area contributed by atoms with Gasteiger partial charge in [0.05, 0.1) is 4.90 Å². The first kappa shape index (κ1) is 19.7. The standard InChI is InChI=1S/C21H20N6O2S/c28-30(29,19-9-7-18(8-10-19)17-5-2-1-3-6-17)24-15-14-22-20-11-12-21(26-25-20)27-16-4-13-23-27/h1-13,16,24H,14-15H2,(H,22,25). The van der Waals surface area contributed by atoms with Gasteiger partial charge in [-0.3, -0.25) is 0 Å². The van der Waals surface area contributed by atoms with Crippen LogP contribution in [0.25, 0.3) is 16.9 Å². The Kier molecular flexibility index (Phi) is 5.82. The van der Waals surface area contributed by atoms with E-state index in [1.165, 1.54) is 0 Å². The molecule has 0 saturated carbocycles. The van der Waals surface area contributed by atoms with E-state index in [2.05, 4.69) is 25.3 Å². The minimum absolute atomic E-state index is 0.214. The van der Waals surface area contributed by atoms with Gasteiger partial charge in [-0.05, 0) is 41.5 Å². The number of hydrogen-bond donors (Lipinski definition) is 2. The second kappa shape index (κ2) is 8.85. The summed E-state index contributed by atoms with van der Waals surface area (Å²) in [6.45, 7) is 0.586. The van der Waals surface area contributed by atoms with Crippen molar-refractivity contribution in [3.05, 3.63) is 85.2 Å². The highest BCUT2D eigenvalue weighted by molar-refractivity contribution is 7.89. The monoisotopic (exact) mass is 420 g/mol. The van der Waals surface area contributed by atoms with Crippen molar-refractivity contribution in [2.24, 2.45) is 0 Å². The Morgan fingerprint density at radius 1 is 0.800 bits per heavy atom. The number of nitrogens with zero attached hydrogens (tertiary/aromatic N) is 4. The zero-order valence-corrected chi connectivity index (χ0v) is 16.8. The third kappa shape index (κ3) is 4.70. The molecule has 9 heteroatoms. The molecule has 0 atom stereocenters. The average Bonchev–Trinajstić information content (AvgIpc) is 3.33. The van der Waals surface area contributed by atoms with E-state index in [9.17, 15) is 8.42 Å². The highest BCUT2D eigenvalue weighted by atomic mass is 32.2. The minimum atomic E-state index is -3.59. The molecule has 0 radical (unpaired) electrons. The predicted molar refractivity (Wildman–Crippen MR) is 115 cm³/mol. The maximum absolute atomic E-state index is 12.5. The van der Waals surface area contributed by atoms with Gasteiger partial charge in [0.2, 0.25) is 10.0 Å². The summed E-state index contributed by atoms with van der Waals surface area (Å²) in [5, 5.41) is 15.3. The molecule has 0 unspecified atom stereocenters. The largest absolute Gasteiger partial charge is 0.367 e. The Hall–Kier alpha value is -3.56. The normalized spacial score (nSPS) is 11.3. The molecule has 0 saturated heterocycles. The topological polar surface area (TPSA) is 102 Å². The molecule has 0 aliphatic heterocycles. The van der Waals surface area contributed by atoms with Crippen molar-refractivity contribution < 1.29 is 8.42 Å². The van der Waals surface area contributed by atoms with Crippen LogP contribution in [-0.4, -0.2) is 41.5 Å². The lowest BCUT2D eigenvalue weighted by Gasteiger charge is -2.09. The second-order valence-electron chi connectivity index (χ2n) is 6.44. The van der Waals surface area contributed by atoms with E-state index in [4.69, 9.17) is 0 Å². The van der Waals surface area contributed by atoms with Gasteiger partial charge in [-0.15, -0.1) is 10.2 Å². The maximum Gasteiger partial charge on any atom is 0.240 e. The van der Waals surface area contributed by atoms with Crippen molar-refractivity contribution in [3.63, 3.8) is 0 Å². The van der Waals surface area contributed by atoms with Crippen molar-refractivity contribution in [2.45, 2.75) is 4.90 Å². The van der Waals surface area contributed by atoms with Crippen LogP contribution in [0.15, 0.2) is 90.1 Å². The molecule has 30 heavy (non-hydrogen) atoms. The Bertz CT molecular complexity index is 1180. The van der Waals surface area contributed by atoms with Crippen LogP contribution in [-0.2, 0) is 10.0 Å². The summed E-state index contributed by atoms with van der Waals surface area (Å²) in [7, 11) is -3.59. The lowest BCUT2D eigenvalue weighted by Crippen LogP contribution is -2.29. The van der Waals surface area contributed by atoms with Crippen LogP contribution in [0, 0.1) is 0 Å². The van der Waals surface area contributed by atoms with E-state index in [0.29, 0.717) is 18.2 Å². The molecule has 2 aromatic heterocycles. The van der Waals surface area contributed by atoms with E-state index < -0.39 is 10.0 Å². The number of hydrogen-bond acceptors (Lipinski definition) is 6. The summed E-state index contributed by atoms with van der Waals surface area (Å²) in [5.41, 5.74) is 2.01. The highest BCUT2D eigenvalue weighted by Gasteiger charge is 2.13. The summed E-state index contributed by atoms with van der Waals surface area (Å²) in [6.07, 6.45) is 3.44. The van der Waals surface area contributed by atoms with Crippen LogP contribution >= 0.6 is 0 Å². The Balaban J connectivity index is 1.30. The SMILES string of the molecule is O=S(=O)(NCCNc1ccc(-n2cccn2)nn1)c1ccc(-c2ccccc2)cc1. The fourth-order valence-corrected chi connectivity index (χ4v) is 3.89. The van der Waals surface area contributed by atoms with Crippen molar-refractivity contribution in [1.82, 2.24) is 24.7 Å². The molecule has 0 bridgehead atoms. The van der Waals surface area contributed by atoms with Gasteiger partial charge in [0.15, 0.2) is 5.82 Å². The number of sulfonamides is 1. The van der Waals surface area contributed by atoms with Gasteiger partial charge in [-0.1, -0.05) is 42.5 Å². The smallest absolute Gasteiger partial charge is 0.240 e. The molecule has 4 aromatic rings. The van der Waals surface area contributed by atoms with E-state index in [-0.39, 0.29) is 11.4 Å². The molecule has 0 amide bonds. The van der Waals surface area contributed by atoms with E-state index >= 15 is 0 Å². The Morgan fingerprint density at radius 3 is 2.23 bits per heavy atom. The molecule has 0 aliphatic rings. The van der Waals surface area contributed by atoms with E-state index in [1.807, 2.05) is 30.3 Å². The molecule has 0 spiro atoms.